The first-order chi connectivity index (χ1) is 28.4. The Labute approximate surface area is 350 Å². The minimum Gasteiger partial charge on any atom is -0.379 e. The maximum absolute atomic E-state index is 5.68. The number of hydrogen-bond donors (Lipinski definition) is 0. The molecule has 0 aromatic rings. The highest BCUT2D eigenvalue weighted by Crippen LogP contribution is 2.12. The maximum Gasteiger partial charge on any atom is 0.0701 e. The van der Waals surface area contributed by atoms with Crippen molar-refractivity contribution in [1.82, 2.24) is 0 Å². The van der Waals surface area contributed by atoms with E-state index in [0.29, 0.717) is 145 Å². The second-order valence-electron chi connectivity index (χ2n) is 14.4. The summed E-state index contributed by atoms with van der Waals surface area (Å²) in [6.07, 6.45) is 25.5. The van der Waals surface area contributed by atoms with Crippen LogP contribution < -0.4 is 0 Å². The molecule has 0 fully saturated rings. The van der Waals surface area contributed by atoms with E-state index >= 15 is 0 Å². The largest absolute Gasteiger partial charge is 0.379 e. The highest BCUT2D eigenvalue weighted by Gasteiger charge is 1.98. The zero-order valence-electron chi connectivity index (χ0n) is 37.3. The fourth-order valence-electron chi connectivity index (χ4n) is 5.73. The van der Waals surface area contributed by atoms with Crippen LogP contribution in [0.1, 0.15) is 136 Å². The van der Waals surface area contributed by atoms with E-state index in [1.54, 1.807) is 0 Å². The quantitative estimate of drug-likeness (QED) is 0.0548. The average molecular weight is 825 g/mol. The summed E-state index contributed by atoms with van der Waals surface area (Å²) in [6, 6.07) is 0. The molecule has 0 aliphatic rings. The number of ether oxygens (including phenoxy) is 12. The summed E-state index contributed by atoms with van der Waals surface area (Å²) < 4.78 is 66.6. The summed E-state index contributed by atoms with van der Waals surface area (Å²) >= 11 is 0. The lowest BCUT2D eigenvalue weighted by Gasteiger charge is -2.09. The van der Waals surface area contributed by atoms with Crippen molar-refractivity contribution in [2.75, 3.05) is 159 Å². The predicted octanol–water partition coefficient (Wildman–Crippen LogP) is 8.64. The molecule has 0 aliphatic heterocycles. The van der Waals surface area contributed by atoms with Gasteiger partial charge in [0.15, 0.2) is 0 Å². The molecule has 0 unspecified atom stereocenters. The molecule has 12 heteroatoms. The van der Waals surface area contributed by atoms with Crippen LogP contribution in [0.4, 0.5) is 0 Å². The summed E-state index contributed by atoms with van der Waals surface area (Å²) in [5, 5.41) is 0. The molecule has 0 N–H and O–H groups in total. The SMILES string of the molecule is CCCCCCCCCCCCCCCOCCOCCOCCOCCOCCOCCOCCOCCOCCOCCOCCOCCCCCCCC. The van der Waals surface area contributed by atoms with E-state index in [-0.39, 0.29) is 0 Å². The summed E-state index contributed by atoms with van der Waals surface area (Å²) in [7, 11) is 0. The zero-order valence-corrected chi connectivity index (χ0v) is 37.3. The highest BCUT2D eigenvalue weighted by atomic mass is 16.6. The number of rotatable bonds is 54. The van der Waals surface area contributed by atoms with Crippen LogP contribution in [0.25, 0.3) is 0 Å². The second-order valence-corrected chi connectivity index (χ2v) is 14.4. The molecule has 57 heavy (non-hydrogen) atoms. The van der Waals surface area contributed by atoms with Crippen molar-refractivity contribution in [2.24, 2.45) is 0 Å². The van der Waals surface area contributed by atoms with Crippen molar-refractivity contribution >= 4 is 0 Å². The standard InChI is InChI=1S/C45H92O12/c1-3-5-7-9-11-12-13-14-15-16-17-19-21-23-47-25-27-49-29-31-51-33-35-53-37-39-55-41-43-57-45-44-56-42-40-54-38-36-52-34-32-50-30-28-48-26-24-46-22-20-18-10-8-6-4-2/h3-45H2,1-2H3. The number of hydrogen-bond acceptors (Lipinski definition) is 12. The molecular formula is C45H92O12. The van der Waals surface area contributed by atoms with Crippen LogP contribution >= 0.6 is 0 Å². The lowest BCUT2D eigenvalue weighted by molar-refractivity contribution is -0.0284. The summed E-state index contributed by atoms with van der Waals surface area (Å²) in [5.41, 5.74) is 0. The molecule has 0 saturated carbocycles. The third-order valence-electron chi connectivity index (χ3n) is 9.13. The van der Waals surface area contributed by atoms with Crippen LogP contribution in [-0.2, 0) is 56.8 Å². The molecule has 12 nitrogen and oxygen atoms in total. The molecule has 0 radical (unpaired) electrons. The molecule has 0 spiro atoms. The fourth-order valence-corrected chi connectivity index (χ4v) is 5.73. The van der Waals surface area contributed by atoms with Gasteiger partial charge >= 0.3 is 0 Å². The maximum atomic E-state index is 5.68. The summed E-state index contributed by atoms with van der Waals surface area (Å²) in [5.74, 6) is 0. The molecule has 344 valence electrons. The van der Waals surface area contributed by atoms with Crippen LogP contribution in [0.3, 0.4) is 0 Å². The number of unbranched alkanes of at least 4 members (excludes halogenated alkanes) is 17. The van der Waals surface area contributed by atoms with Gasteiger partial charge in [0.05, 0.1) is 145 Å². The Morgan fingerprint density at radius 2 is 0.263 bits per heavy atom. The van der Waals surface area contributed by atoms with Gasteiger partial charge in [0.2, 0.25) is 0 Å². The van der Waals surface area contributed by atoms with E-state index in [1.807, 2.05) is 0 Å². The fraction of sp³-hybridized carbons (Fsp3) is 1.00. The van der Waals surface area contributed by atoms with Gasteiger partial charge in [-0.1, -0.05) is 123 Å². The van der Waals surface area contributed by atoms with Crippen molar-refractivity contribution in [1.29, 1.82) is 0 Å². The van der Waals surface area contributed by atoms with Crippen molar-refractivity contribution in [3.05, 3.63) is 0 Å². The van der Waals surface area contributed by atoms with E-state index in [4.69, 9.17) is 56.8 Å². The Bertz CT molecular complexity index is 624. The Kier molecular flexibility index (Phi) is 55.1. The van der Waals surface area contributed by atoms with Crippen LogP contribution in [-0.4, -0.2) is 159 Å². The Balaban J connectivity index is 3.05. The first kappa shape index (κ1) is 56.5. The average Bonchev–Trinajstić information content (AvgIpc) is 3.22. The molecular weight excluding hydrogens is 732 g/mol. The molecule has 0 saturated heterocycles. The highest BCUT2D eigenvalue weighted by molar-refractivity contribution is 4.49. The van der Waals surface area contributed by atoms with Crippen LogP contribution in [0.2, 0.25) is 0 Å². The second kappa shape index (κ2) is 55.5. The van der Waals surface area contributed by atoms with Crippen LogP contribution in [0, 0.1) is 0 Å². The summed E-state index contributed by atoms with van der Waals surface area (Å²) in [4.78, 5) is 0. The first-order valence-electron chi connectivity index (χ1n) is 23.3. The van der Waals surface area contributed by atoms with E-state index in [0.717, 1.165) is 26.1 Å². The van der Waals surface area contributed by atoms with Crippen molar-refractivity contribution in [3.63, 3.8) is 0 Å². The normalized spacial score (nSPS) is 11.7. The smallest absolute Gasteiger partial charge is 0.0701 e. The molecule has 0 atom stereocenters. The third kappa shape index (κ3) is 55.5. The van der Waals surface area contributed by atoms with Gasteiger partial charge in [-0.15, -0.1) is 0 Å². The van der Waals surface area contributed by atoms with Gasteiger partial charge in [-0.2, -0.15) is 0 Å². The molecule has 0 aromatic heterocycles. The third-order valence-corrected chi connectivity index (χ3v) is 9.13. The van der Waals surface area contributed by atoms with Gasteiger partial charge in [0.1, 0.15) is 0 Å². The van der Waals surface area contributed by atoms with Gasteiger partial charge in [-0.25, -0.2) is 0 Å². The lowest BCUT2D eigenvalue weighted by Crippen LogP contribution is -2.15. The minimum absolute atomic E-state index is 0.522. The predicted molar refractivity (Wildman–Crippen MR) is 229 cm³/mol. The molecule has 0 aromatic carbocycles. The monoisotopic (exact) mass is 825 g/mol. The van der Waals surface area contributed by atoms with E-state index in [2.05, 4.69) is 13.8 Å². The Morgan fingerprint density at radius 3 is 0.421 bits per heavy atom. The first-order valence-corrected chi connectivity index (χ1v) is 23.3. The minimum atomic E-state index is 0.522. The van der Waals surface area contributed by atoms with E-state index in [1.165, 1.54) is 109 Å². The van der Waals surface area contributed by atoms with Crippen molar-refractivity contribution in [3.8, 4) is 0 Å². The Hall–Kier alpha value is -0.480. The van der Waals surface area contributed by atoms with Gasteiger partial charge in [0.25, 0.3) is 0 Å². The van der Waals surface area contributed by atoms with E-state index in [9.17, 15) is 0 Å². The lowest BCUT2D eigenvalue weighted by atomic mass is 10.0. The van der Waals surface area contributed by atoms with Crippen LogP contribution in [0.15, 0.2) is 0 Å². The summed E-state index contributed by atoms with van der Waals surface area (Å²) in [6.45, 7) is 18.4. The molecule has 0 rings (SSSR count). The van der Waals surface area contributed by atoms with E-state index < -0.39 is 0 Å². The van der Waals surface area contributed by atoms with Crippen LogP contribution in [0.5, 0.6) is 0 Å². The molecule has 0 aliphatic carbocycles. The van der Waals surface area contributed by atoms with Gasteiger partial charge in [-0.3, -0.25) is 0 Å². The van der Waals surface area contributed by atoms with Gasteiger partial charge in [0, 0.05) is 13.2 Å². The van der Waals surface area contributed by atoms with Crippen molar-refractivity contribution in [2.45, 2.75) is 136 Å². The van der Waals surface area contributed by atoms with Crippen molar-refractivity contribution < 1.29 is 56.8 Å². The van der Waals surface area contributed by atoms with Gasteiger partial charge in [-0.05, 0) is 12.8 Å². The zero-order chi connectivity index (χ0) is 40.9. The van der Waals surface area contributed by atoms with Gasteiger partial charge < -0.3 is 56.8 Å². The molecule has 0 heterocycles. The topological polar surface area (TPSA) is 111 Å². The Morgan fingerprint density at radius 1 is 0.140 bits per heavy atom. The molecule has 0 bridgehead atoms. The molecule has 0 amide bonds.